The summed E-state index contributed by atoms with van der Waals surface area (Å²) < 4.78 is 5.57. The molecule has 1 radical (unpaired) electrons. The molecule has 0 fully saturated rings. The molecule has 0 N–H and O–H groups in total. The van der Waals surface area contributed by atoms with Crippen LogP contribution in [0, 0.1) is 5.92 Å². The van der Waals surface area contributed by atoms with Crippen LogP contribution in [-0.2, 0) is 4.79 Å². The lowest BCUT2D eigenvalue weighted by atomic mass is 10.3. The van der Waals surface area contributed by atoms with Crippen molar-refractivity contribution in [1.82, 2.24) is 0 Å². The molecular formula is C10H12AlO2. The third-order valence-corrected chi connectivity index (χ3v) is 2.91. The van der Waals surface area contributed by atoms with E-state index in [1.54, 1.807) is 0 Å². The number of hydrogen-bond acceptors (Lipinski definition) is 2. The zero-order chi connectivity index (χ0) is 9.68. The summed E-state index contributed by atoms with van der Waals surface area (Å²) in [6.45, 7) is 3.79. The lowest BCUT2D eigenvalue weighted by molar-refractivity contribution is -0.115. The van der Waals surface area contributed by atoms with Gasteiger partial charge in [-0.15, -0.1) is 0 Å². The second-order valence-electron chi connectivity index (χ2n) is 3.11. The van der Waals surface area contributed by atoms with Gasteiger partial charge < -0.3 is 8.58 Å². The van der Waals surface area contributed by atoms with Crippen LogP contribution in [0.3, 0.4) is 0 Å². The van der Waals surface area contributed by atoms with Gasteiger partial charge in [0, 0.05) is 0 Å². The van der Waals surface area contributed by atoms with Gasteiger partial charge in [0.25, 0.3) is 0 Å². The molecule has 0 aromatic heterocycles. The van der Waals surface area contributed by atoms with E-state index in [1.807, 2.05) is 44.2 Å². The lowest BCUT2D eigenvalue weighted by Crippen LogP contribution is -2.20. The number of hydrogen-bond donors (Lipinski definition) is 0. The summed E-state index contributed by atoms with van der Waals surface area (Å²) in [4.78, 5) is 11.2. The van der Waals surface area contributed by atoms with E-state index in [0.717, 1.165) is 5.75 Å². The number of para-hydroxylation sites is 1. The zero-order valence-corrected chi connectivity index (χ0v) is 9.01. The highest BCUT2D eigenvalue weighted by Crippen LogP contribution is 2.07. The first-order valence-corrected chi connectivity index (χ1v) is 5.34. The molecule has 67 valence electrons. The van der Waals surface area contributed by atoms with Crippen LogP contribution in [0.2, 0.25) is 0 Å². The monoisotopic (exact) mass is 191 g/mol. The van der Waals surface area contributed by atoms with Crippen molar-refractivity contribution >= 4 is 20.2 Å². The van der Waals surface area contributed by atoms with Crippen LogP contribution in [-0.4, -0.2) is 20.2 Å². The maximum atomic E-state index is 11.2. The maximum absolute atomic E-state index is 11.2. The zero-order valence-electron chi connectivity index (χ0n) is 7.86. The Morgan fingerprint density at radius 2 is 1.92 bits per heavy atom. The minimum Gasteiger partial charge on any atom is -0.643 e. The van der Waals surface area contributed by atoms with Crippen molar-refractivity contribution in [2.45, 2.75) is 13.8 Å². The topological polar surface area (TPSA) is 26.3 Å². The number of benzene rings is 1. The SMILES string of the molecule is CC(C)[C](=O)[Al][O]c1ccccc1. The molecule has 0 atom stereocenters. The number of carbonyl (C=O) groups excluding carboxylic acids is 1. The molecule has 0 aliphatic carbocycles. The van der Waals surface area contributed by atoms with E-state index in [2.05, 4.69) is 0 Å². The largest absolute Gasteiger partial charge is 0.643 e. The van der Waals surface area contributed by atoms with Crippen molar-refractivity contribution in [3.05, 3.63) is 30.3 Å². The van der Waals surface area contributed by atoms with Gasteiger partial charge in [-0.1, -0.05) is 32.0 Å². The van der Waals surface area contributed by atoms with Gasteiger partial charge in [0.1, 0.15) is 4.65 Å². The molecule has 0 bridgehead atoms. The highest BCUT2D eigenvalue weighted by molar-refractivity contribution is 6.69. The van der Waals surface area contributed by atoms with Gasteiger partial charge in [0.2, 0.25) is 0 Å². The van der Waals surface area contributed by atoms with E-state index < -0.39 is 15.6 Å². The molecule has 2 nitrogen and oxygen atoms in total. The number of carbonyl (C=O) groups is 1. The van der Waals surface area contributed by atoms with Crippen LogP contribution in [0.5, 0.6) is 5.75 Å². The summed E-state index contributed by atoms with van der Waals surface area (Å²) >= 11 is -0.562. The molecule has 0 spiro atoms. The van der Waals surface area contributed by atoms with Crippen LogP contribution in [0.15, 0.2) is 30.3 Å². The molecule has 1 rings (SSSR count). The standard InChI is InChI=1S/C6H6O.C4H7O.Al/c7-6-4-2-1-3-5-6;1-4(2)3-5;/h1-5,7H;4H,1-2H3;/q;;+1/p-1. The van der Waals surface area contributed by atoms with Gasteiger partial charge in [0.15, 0.2) is 0 Å². The van der Waals surface area contributed by atoms with Gasteiger partial charge in [-0.25, -0.2) is 0 Å². The normalized spacial score (nSPS) is 9.77. The van der Waals surface area contributed by atoms with Crippen molar-refractivity contribution in [3.8, 4) is 5.75 Å². The van der Waals surface area contributed by atoms with Crippen molar-refractivity contribution in [1.29, 1.82) is 0 Å². The molecule has 3 heteroatoms. The van der Waals surface area contributed by atoms with E-state index >= 15 is 0 Å². The fourth-order valence-electron chi connectivity index (χ4n) is 0.761. The van der Waals surface area contributed by atoms with Crippen LogP contribution in [0.25, 0.3) is 0 Å². The Labute approximate surface area is 85.0 Å². The summed E-state index contributed by atoms with van der Waals surface area (Å²) in [6, 6.07) is 9.44. The predicted octanol–water partition coefficient (Wildman–Crippen LogP) is 1.87. The number of rotatable bonds is 4. The first-order chi connectivity index (χ1) is 6.20. The highest BCUT2D eigenvalue weighted by Gasteiger charge is 2.13. The van der Waals surface area contributed by atoms with Crippen molar-refractivity contribution in [2.75, 3.05) is 0 Å². The van der Waals surface area contributed by atoms with Gasteiger partial charge in [-0.05, 0) is 18.1 Å². The van der Waals surface area contributed by atoms with E-state index in [-0.39, 0.29) is 10.6 Å². The van der Waals surface area contributed by atoms with Gasteiger partial charge in [0.05, 0.1) is 5.75 Å². The lowest BCUT2D eigenvalue weighted by Gasteiger charge is -2.06. The third-order valence-electron chi connectivity index (χ3n) is 1.62. The Morgan fingerprint density at radius 3 is 2.46 bits per heavy atom. The van der Waals surface area contributed by atoms with Gasteiger partial charge in [-0.3, -0.25) is 0 Å². The van der Waals surface area contributed by atoms with E-state index in [9.17, 15) is 4.79 Å². The summed E-state index contributed by atoms with van der Waals surface area (Å²) in [5.41, 5.74) is 0. The first kappa shape index (κ1) is 10.3. The van der Waals surface area contributed by atoms with E-state index in [0.29, 0.717) is 0 Å². The van der Waals surface area contributed by atoms with Gasteiger partial charge >= 0.3 is 15.6 Å². The Hall–Kier alpha value is -0.778. The highest BCUT2D eigenvalue weighted by atomic mass is 27.1. The predicted molar refractivity (Wildman–Crippen MR) is 52.7 cm³/mol. The average molecular weight is 191 g/mol. The molecule has 0 aliphatic rings. The summed E-state index contributed by atoms with van der Waals surface area (Å²) in [5.74, 6) is 0.866. The molecule has 1 aromatic carbocycles. The summed E-state index contributed by atoms with van der Waals surface area (Å²) in [5, 5.41) is 0. The quantitative estimate of drug-likeness (QED) is 0.679. The second-order valence-corrected chi connectivity index (χ2v) is 4.15. The maximum Gasteiger partial charge on any atom is 0.618 e. The fourth-order valence-corrected chi connectivity index (χ4v) is 1.44. The van der Waals surface area contributed by atoms with E-state index in [4.69, 9.17) is 3.79 Å². The Morgan fingerprint density at radius 1 is 1.31 bits per heavy atom. The van der Waals surface area contributed by atoms with Crippen LogP contribution < -0.4 is 3.79 Å². The Bertz CT molecular complexity index is 270. The summed E-state index contributed by atoms with van der Waals surface area (Å²) in [7, 11) is 0. The molecule has 0 saturated carbocycles. The molecule has 0 amide bonds. The molecule has 13 heavy (non-hydrogen) atoms. The minimum atomic E-state index is -0.562. The van der Waals surface area contributed by atoms with Crippen molar-refractivity contribution in [3.63, 3.8) is 0 Å². The Kier molecular flexibility index (Phi) is 4.01. The second kappa shape index (κ2) is 5.06. The molecule has 0 aliphatic heterocycles. The van der Waals surface area contributed by atoms with Crippen LogP contribution in [0.4, 0.5) is 0 Å². The van der Waals surface area contributed by atoms with Gasteiger partial charge in [-0.2, -0.15) is 0 Å². The van der Waals surface area contributed by atoms with Crippen molar-refractivity contribution in [2.24, 2.45) is 5.92 Å². The third kappa shape index (κ3) is 3.63. The van der Waals surface area contributed by atoms with Crippen LogP contribution >= 0.6 is 0 Å². The molecule has 0 saturated heterocycles. The summed E-state index contributed by atoms with van der Waals surface area (Å²) in [6.07, 6.45) is 0. The fraction of sp³-hybridized carbons (Fsp3) is 0.300. The van der Waals surface area contributed by atoms with E-state index in [1.165, 1.54) is 0 Å². The molecular weight excluding hydrogens is 179 g/mol. The van der Waals surface area contributed by atoms with Crippen molar-refractivity contribution < 1.29 is 8.58 Å². The first-order valence-electron chi connectivity index (χ1n) is 4.29. The molecule has 0 heterocycles. The molecule has 0 unspecified atom stereocenters. The smallest absolute Gasteiger partial charge is 0.618 e. The minimum absolute atomic E-state index is 0.0821. The van der Waals surface area contributed by atoms with Crippen LogP contribution in [0.1, 0.15) is 13.8 Å². The molecule has 1 aromatic rings. The Balaban J connectivity index is 2.40. The average Bonchev–Trinajstić information content (AvgIpc) is 2.15.